The third kappa shape index (κ3) is 5.42. The Morgan fingerprint density at radius 3 is 2.27 bits per heavy atom. The van der Waals surface area contributed by atoms with Crippen molar-refractivity contribution >= 4 is 16.8 Å². The number of nitrogens with zero attached hydrogens (tertiary/aromatic N) is 3. The summed E-state index contributed by atoms with van der Waals surface area (Å²) in [5, 5.41) is 18.0. The van der Waals surface area contributed by atoms with Gasteiger partial charge in [0.1, 0.15) is 6.54 Å². The first-order chi connectivity index (χ1) is 18.0. The van der Waals surface area contributed by atoms with E-state index in [0.717, 1.165) is 47.1 Å². The summed E-state index contributed by atoms with van der Waals surface area (Å²) in [5.74, 6) is -0.165. The summed E-state index contributed by atoms with van der Waals surface area (Å²) in [5.41, 5.74) is 4.72. The largest absolute Gasteiger partial charge is 0.632 e. The van der Waals surface area contributed by atoms with Gasteiger partial charge in [0, 0.05) is 29.6 Å². The molecule has 190 valence electrons. The topological polar surface area (TPSA) is 68.3 Å². The highest BCUT2D eigenvalue weighted by Gasteiger charge is 2.30. The van der Waals surface area contributed by atoms with Crippen molar-refractivity contribution in [3.8, 4) is 11.3 Å². The van der Waals surface area contributed by atoms with Gasteiger partial charge in [0.25, 0.3) is 5.91 Å². The fraction of sp³-hybridized carbons (Fsp3) is 0.290. The van der Waals surface area contributed by atoms with E-state index in [4.69, 9.17) is 4.98 Å². The molecule has 1 aromatic heterocycles. The maximum atomic E-state index is 14.1. The van der Waals surface area contributed by atoms with Crippen LogP contribution in [-0.2, 0) is 6.54 Å². The quantitative estimate of drug-likeness (QED) is 0.270. The normalized spacial score (nSPS) is 16.4. The number of pyridine rings is 1. The number of carbonyl (C=O) groups is 1. The number of para-hydroxylation sites is 1. The average molecular weight is 495 g/mol. The van der Waals surface area contributed by atoms with Crippen molar-refractivity contribution in [1.29, 1.82) is 0 Å². The molecule has 5 rings (SSSR count). The number of hydroxylamine groups is 3. The summed E-state index contributed by atoms with van der Waals surface area (Å²) in [4.78, 5) is 21.4. The number of likely N-dealkylation sites (N-methyl/N-ethyl adjacent to an activating group) is 1. The number of rotatable bonds is 7. The van der Waals surface area contributed by atoms with Crippen molar-refractivity contribution in [2.75, 3.05) is 33.2 Å². The third-order valence-electron chi connectivity index (χ3n) is 7.41. The molecule has 2 heterocycles. The van der Waals surface area contributed by atoms with Crippen LogP contribution in [-0.4, -0.2) is 53.7 Å². The average Bonchev–Trinajstić information content (AvgIpc) is 2.94. The number of piperazine rings is 1. The molecule has 1 aliphatic rings. The highest BCUT2D eigenvalue weighted by atomic mass is 16.5. The predicted octanol–water partition coefficient (Wildman–Crippen LogP) is 5.54. The van der Waals surface area contributed by atoms with Crippen LogP contribution in [0.4, 0.5) is 0 Å². The molecule has 0 spiro atoms. The van der Waals surface area contributed by atoms with Crippen LogP contribution in [0.15, 0.2) is 84.9 Å². The number of quaternary nitrogens is 1. The van der Waals surface area contributed by atoms with Gasteiger partial charge in [-0.1, -0.05) is 85.8 Å². The molecule has 1 saturated heterocycles. The molecule has 1 amide bonds. The molecular weight excluding hydrogens is 460 g/mol. The van der Waals surface area contributed by atoms with Gasteiger partial charge in [-0.05, 0) is 25.1 Å². The summed E-state index contributed by atoms with van der Waals surface area (Å²) in [6.45, 7) is 4.72. The van der Waals surface area contributed by atoms with Crippen LogP contribution in [0.1, 0.15) is 40.9 Å². The maximum absolute atomic E-state index is 14.1. The van der Waals surface area contributed by atoms with Gasteiger partial charge < -0.3 is 15.2 Å². The molecule has 3 aromatic carbocycles. The standard InChI is InChI=1S/C31H34N4O2/c1-3-27(23-12-6-4-7-13-23)33-31(36)29-25-16-10-11-17-28(25)32-30(24-14-8-5-9-15-24)26(29)22-35(37)20-18-34(2)19-21-35/h4-17,27H,3,18-22H2,1-2H3,(H,33,36). The monoisotopic (exact) mass is 494 g/mol. The van der Waals surface area contributed by atoms with E-state index in [0.29, 0.717) is 24.3 Å². The minimum absolute atomic E-state index is 0.132. The van der Waals surface area contributed by atoms with Crippen LogP contribution in [0.25, 0.3) is 22.2 Å². The highest BCUT2D eigenvalue weighted by Crippen LogP contribution is 2.34. The molecule has 0 saturated carbocycles. The lowest BCUT2D eigenvalue weighted by molar-refractivity contribution is -0.898. The third-order valence-corrected chi connectivity index (χ3v) is 7.41. The number of nitrogens with one attached hydrogen (secondary N) is 1. The van der Waals surface area contributed by atoms with Crippen LogP contribution in [0.5, 0.6) is 0 Å². The van der Waals surface area contributed by atoms with Gasteiger partial charge >= 0.3 is 0 Å². The van der Waals surface area contributed by atoms with Gasteiger partial charge in [0.2, 0.25) is 0 Å². The second kappa shape index (κ2) is 10.8. The van der Waals surface area contributed by atoms with Crippen molar-refractivity contribution in [2.45, 2.75) is 25.9 Å². The van der Waals surface area contributed by atoms with E-state index in [2.05, 4.69) is 17.1 Å². The molecular formula is C31H34N4O2. The minimum Gasteiger partial charge on any atom is -0.632 e. The molecule has 1 fully saturated rings. The van der Waals surface area contributed by atoms with Crippen LogP contribution in [0, 0.1) is 5.21 Å². The Morgan fingerprint density at radius 2 is 1.59 bits per heavy atom. The molecule has 1 atom stereocenters. The van der Waals surface area contributed by atoms with Gasteiger partial charge in [-0.15, -0.1) is 0 Å². The summed E-state index contributed by atoms with van der Waals surface area (Å²) in [7, 11) is 2.05. The van der Waals surface area contributed by atoms with E-state index in [1.807, 2.05) is 92.0 Å². The van der Waals surface area contributed by atoms with E-state index < -0.39 is 0 Å². The van der Waals surface area contributed by atoms with Crippen molar-refractivity contribution in [1.82, 2.24) is 15.2 Å². The summed E-state index contributed by atoms with van der Waals surface area (Å²) in [6.07, 6.45) is 0.757. The molecule has 0 radical (unpaired) electrons. The summed E-state index contributed by atoms with van der Waals surface area (Å²) in [6, 6.07) is 27.6. The Labute approximate surface area is 218 Å². The zero-order valence-electron chi connectivity index (χ0n) is 21.6. The second-order valence-electron chi connectivity index (χ2n) is 10.0. The predicted molar refractivity (Wildman–Crippen MR) is 149 cm³/mol. The van der Waals surface area contributed by atoms with E-state index in [9.17, 15) is 10.0 Å². The highest BCUT2D eigenvalue weighted by molar-refractivity contribution is 6.09. The Kier molecular flexibility index (Phi) is 7.33. The zero-order chi connectivity index (χ0) is 25.8. The molecule has 6 heteroatoms. The fourth-order valence-corrected chi connectivity index (χ4v) is 5.21. The Hall–Kier alpha value is -3.58. The number of hydrogen-bond donors (Lipinski definition) is 1. The smallest absolute Gasteiger partial charge is 0.253 e. The van der Waals surface area contributed by atoms with Gasteiger partial charge in [0.15, 0.2) is 0 Å². The Morgan fingerprint density at radius 1 is 0.973 bits per heavy atom. The number of hydrogen-bond acceptors (Lipinski definition) is 4. The van der Waals surface area contributed by atoms with Crippen LogP contribution >= 0.6 is 0 Å². The molecule has 1 N–H and O–H groups in total. The summed E-state index contributed by atoms with van der Waals surface area (Å²) >= 11 is 0. The van der Waals surface area contributed by atoms with Gasteiger partial charge in [0.05, 0.1) is 35.9 Å². The molecule has 0 bridgehead atoms. The van der Waals surface area contributed by atoms with E-state index in [-0.39, 0.29) is 23.1 Å². The van der Waals surface area contributed by atoms with E-state index in [1.54, 1.807) is 0 Å². The number of amides is 1. The van der Waals surface area contributed by atoms with E-state index in [1.165, 1.54) is 0 Å². The van der Waals surface area contributed by atoms with Crippen molar-refractivity contribution in [3.05, 3.63) is 107 Å². The van der Waals surface area contributed by atoms with Crippen LogP contribution in [0.3, 0.4) is 0 Å². The molecule has 6 nitrogen and oxygen atoms in total. The molecule has 1 aliphatic heterocycles. The summed E-state index contributed by atoms with van der Waals surface area (Å²) < 4.78 is -0.361. The Balaban J connectivity index is 1.66. The number of aromatic nitrogens is 1. The second-order valence-corrected chi connectivity index (χ2v) is 10.0. The van der Waals surface area contributed by atoms with E-state index >= 15 is 0 Å². The van der Waals surface area contributed by atoms with Crippen LogP contribution in [0.2, 0.25) is 0 Å². The minimum atomic E-state index is -0.361. The first-order valence-electron chi connectivity index (χ1n) is 13.1. The molecule has 0 aliphatic carbocycles. The SMILES string of the molecule is CCC(NC(=O)c1c(C[N+]2([O-])CCN(C)CC2)c(-c2ccccc2)nc2ccccc12)c1ccccc1. The fourth-order valence-electron chi connectivity index (χ4n) is 5.21. The Bertz CT molecular complexity index is 1370. The molecule has 4 aromatic rings. The molecule has 1 unspecified atom stereocenters. The van der Waals surface area contributed by atoms with Crippen LogP contribution < -0.4 is 5.32 Å². The van der Waals surface area contributed by atoms with Gasteiger partial charge in [-0.25, -0.2) is 4.98 Å². The lowest BCUT2D eigenvalue weighted by Crippen LogP contribution is -2.54. The maximum Gasteiger partial charge on any atom is 0.253 e. The van der Waals surface area contributed by atoms with Gasteiger partial charge in [-0.2, -0.15) is 0 Å². The number of benzene rings is 3. The lowest BCUT2D eigenvalue weighted by atomic mass is 9.94. The van der Waals surface area contributed by atoms with Crippen molar-refractivity contribution in [3.63, 3.8) is 0 Å². The lowest BCUT2D eigenvalue weighted by Gasteiger charge is -2.48. The van der Waals surface area contributed by atoms with Gasteiger partial charge in [-0.3, -0.25) is 9.69 Å². The first-order valence-corrected chi connectivity index (χ1v) is 13.1. The molecule has 37 heavy (non-hydrogen) atoms. The zero-order valence-corrected chi connectivity index (χ0v) is 21.6. The van der Waals surface area contributed by atoms with Crippen molar-refractivity contribution < 1.29 is 9.44 Å². The first kappa shape index (κ1) is 25.1. The number of carbonyl (C=O) groups excluding carboxylic acids is 1. The van der Waals surface area contributed by atoms with Crippen molar-refractivity contribution in [2.24, 2.45) is 0 Å². The number of fused-ring (bicyclic) bond motifs is 1.